The summed E-state index contributed by atoms with van der Waals surface area (Å²) in [5.74, 6) is -3.27. The largest absolute Gasteiger partial charge is 1.00 e. The van der Waals surface area contributed by atoms with Gasteiger partial charge in [-0.1, -0.05) is 12.2 Å². The minimum Gasteiger partial charge on any atom is -0.539 e. The maximum absolute atomic E-state index is 12.1. The molecular weight excluding hydrogens is 435 g/mol. The van der Waals surface area contributed by atoms with Crippen LogP contribution in [0.25, 0.3) is 0 Å². The molecule has 1 aliphatic heterocycles. The van der Waals surface area contributed by atoms with Gasteiger partial charge in [-0.05, 0) is 27.7 Å². The van der Waals surface area contributed by atoms with Crippen molar-refractivity contribution in [1.82, 2.24) is 4.90 Å². The van der Waals surface area contributed by atoms with Gasteiger partial charge in [0.25, 0.3) is 0 Å². The van der Waals surface area contributed by atoms with Crippen LogP contribution in [0.2, 0.25) is 0 Å². The Kier molecular flexibility index (Phi) is 9.63. The molecule has 0 radical (unpaired) electrons. The van der Waals surface area contributed by atoms with Gasteiger partial charge in [0.1, 0.15) is 11.2 Å². The molecule has 1 amide bonds. The third kappa shape index (κ3) is 7.92. The number of carboxylic acids is 1. The molecule has 0 N–H and O–H groups in total. The maximum atomic E-state index is 12.1. The van der Waals surface area contributed by atoms with E-state index in [1.165, 1.54) is 4.90 Å². The van der Waals surface area contributed by atoms with E-state index < -0.39 is 29.2 Å². The van der Waals surface area contributed by atoms with Crippen LogP contribution >= 0.6 is 0 Å². The molecule has 1 fully saturated rings. The maximum Gasteiger partial charge on any atom is 1.00 e. The van der Waals surface area contributed by atoms with Gasteiger partial charge < -0.3 is 24.3 Å². The average molecular weight is 459 g/mol. The van der Waals surface area contributed by atoms with E-state index >= 15 is 0 Å². The number of carbonyl (C=O) groups excluding carboxylic acids is 3. The van der Waals surface area contributed by atoms with Gasteiger partial charge in [0.15, 0.2) is 5.97 Å². The van der Waals surface area contributed by atoms with Gasteiger partial charge >= 0.3 is 81.0 Å². The Morgan fingerprint density at radius 3 is 2.08 bits per heavy atom. The van der Waals surface area contributed by atoms with Crippen LogP contribution in [-0.4, -0.2) is 47.2 Å². The van der Waals surface area contributed by atoms with Gasteiger partial charge in [-0.2, -0.15) is 0 Å². The number of esters is 1. The third-order valence-corrected chi connectivity index (χ3v) is 3.43. The van der Waals surface area contributed by atoms with E-state index in [9.17, 15) is 19.5 Å². The molecule has 1 rings (SSSR count). The van der Waals surface area contributed by atoms with Crippen LogP contribution < -0.4 is 74.0 Å². The topological polar surface area (TPSA) is 96.0 Å². The number of aliphatic carboxylic acids is 1. The Morgan fingerprint density at radius 2 is 1.71 bits per heavy atom. The van der Waals surface area contributed by atoms with Crippen molar-refractivity contribution >= 4 is 18.0 Å². The molecule has 1 saturated heterocycles. The van der Waals surface area contributed by atoms with E-state index in [2.05, 4.69) is 6.58 Å². The molecule has 0 atom stereocenters. The second-order valence-corrected chi connectivity index (χ2v) is 6.96. The number of carbonyl (C=O) groups is 3. The van der Waals surface area contributed by atoms with Crippen LogP contribution in [0.3, 0.4) is 0 Å². The molecule has 0 bridgehead atoms. The molecule has 24 heavy (non-hydrogen) atoms. The van der Waals surface area contributed by atoms with Crippen LogP contribution in [0, 0.1) is 0 Å². The molecule has 130 valence electrons. The number of likely N-dealkylation sites (tertiary alicyclic amines) is 1. The van der Waals surface area contributed by atoms with E-state index in [1.807, 2.05) is 0 Å². The molecule has 1 heterocycles. The Bertz CT molecular complexity index is 503. The summed E-state index contributed by atoms with van der Waals surface area (Å²) in [6.07, 6.45) is 0.539. The zero-order valence-electron chi connectivity index (χ0n) is 15.1. The normalized spacial score (nSPS) is 16.6. The molecule has 0 aliphatic carbocycles. The first-order valence-corrected chi connectivity index (χ1v) is 7.51. The summed E-state index contributed by atoms with van der Waals surface area (Å²) in [4.78, 5) is 35.6. The van der Waals surface area contributed by atoms with Gasteiger partial charge in [-0.3, -0.25) is 0 Å². The van der Waals surface area contributed by atoms with E-state index in [0.29, 0.717) is 32.4 Å². The fourth-order valence-electron chi connectivity index (χ4n) is 2.53. The molecular formula is C16H24CsNO6. The molecule has 0 spiro atoms. The summed E-state index contributed by atoms with van der Waals surface area (Å²) >= 11 is 0. The van der Waals surface area contributed by atoms with Crippen molar-refractivity contribution in [3.8, 4) is 0 Å². The van der Waals surface area contributed by atoms with Crippen LogP contribution in [-0.2, 0) is 19.1 Å². The first-order valence-electron chi connectivity index (χ1n) is 7.51. The average Bonchev–Trinajstić information content (AvgIpc) is 2.36. The zero-order valence-corrected chi connectivity index (χ0v) is 21.4. The first-order chi connectivity index (χ1) is 10.4. The molecule has 8 heteroatoms. The minimum absolute atomic E-state index is 0. The van der Waals surface area contributed by atoms with E-state index in [4.69, 9.17) is 9.47 Å². The van der Waals surface area contributed by atoms with Gasteiger partial charge in [-0.25, -0.2) is 9.59 Å². The van der Waals surface area contributed by atoms with Gasteiger partial charge in [0.05, 0.1) is 0 Å². The van der Waals surface area contributed by atoms with Crippen molar-refractivity contribution in [2.45, 2.75) is 58.2 Å². The number of amides is 1. The molecule has 0 aromatic rings. The third-order valence-electron chi connectivity index (χ3n) is 3.43. The number of piperidine rings is 1. The summed E-state index contributed by atoms with van der Waals surface area (Å²) in [6, 6.07) is 0. The Morgan fingerprint density at radius 1 is 1.21 bits per heavy atom. The molecule has 0 saturated carbocycles. The molecule has 0 aromatic carbocycles. The number of hydrogen-bond acceptors (Lipinski definition) is 6. The molecule has 7 nitrogen and oxygen atoms in total. The van der Waals surface area contributed by atoms with Crippen LogP contribution in [0.1, 0.15) is 47.0 Å². The van der Waals surface area contributed by atoms with Crippen molar-refractivity contribution in [3.63, 3.8) is 0 Å². The molecule has 1 aliphatic rings. The van der Waals surface area contributed by atoms with Crippen molar-refractivity contribution in [2.75, 3.05) is 13.1 Å². The monoisotopic (exact) mass is 459 g/mol. The van der Waals surface area contributed by atoms with Crippen LogP contribution in [0.5, 0.6) is 0 Å². The minimum atomic E-state index is -1.87. The van der Waals surface area contributed by atoms with Gasteiger partial charge in [0, 0.05) is 32.4 Å². The quantitative estimate of drug-likeness (QED) is 0.276. The van der Waals surface area contributed by atoms with Crippen LogP contribution in [0.4, 0.5) is 4.79 Å². The Balaban J connectivity index is 0.00000529. The van der Waals surface area contributed by atoms with E-state index in [0.717, 1.165) is 5.57 Å². The predicted octanol–water partition coefficient (Wildman–Crippen LogP) is -1.98. The summed E-state index contributed by atoms with van der Waals surface area (Å²) < 4.78 is 10.4. The number of hydrogen-bond donors (Lipinski definition) is 0. The zero-order chi connectivity index (χ0) is 17.8. The van der Waals surface area contributed by atoms with Gasteiger partial charge in [-0.15, -0.1) is 0 Å². The van der Waals surface area contributed by atoms with Crippen LogP contribution in [0.15, 0.2) is 12.2 Å². The number of ether oxygens (including phenoxy) is 2. The molecule has 0 unspecified atom stereocenters. The van der Waals surface area contributed by atoms with Crippen molar-refractivity contribution in [1.29, 1.82) is 0 Å². The van der Waals surface area contributed by atoms with Crippen molar-refractivity contribution < 1.29 is 97.9 Å². The fraction of sp³-hybridized carbons (Fsp3) is 0.688. The number of nitrogens with zero attached hydrogens (tertiary/aromatic N) is 1. The number of rotatable bonds is 3. The fourth-order valence-corrected chi connectivity index (χ4v) is 2.53. The summed E-state index contributed by atoms with van der Waals surface area (Å²) in [6.45, 7) is 11.5. The standard InChI is InChI=1S/C16H25NO6.Cs/c1-11(2)10-16(22-13(20)12(18)19)6-8-17(9-7-16)14(21)23-15(3,4)5;/h1,6-10H2,2-5H3,(H,18,19);/q;+1/p-1. The van der Waals surface area contributed by atoms with Crippen molar-refractivity contribution in [3.05, 3.63) is 12.2 Å². The Hall–Kier alpha value is 0.00195. The van der Waals surface area contributed by atoms with E-state index in [-0.39, 0.29) is 68.9 Å². The van der Waals surface area contributed by atoms with Gasteiger partial charge in [0.2, 0.25) is 0 Å². The SMILES string of the molecule is C=C(C)CC1(OC(=O)C(=O)[O-])CCN(C(=O)OC(C)(C)C)CC1.[Cs+]. The predicted molar refractivity (Wildman–Crippen MR) is 80.3 cm³/mol. The summed E-state index contributed by atoms with van der Waals surface area (Å²) in [5.41, 5.74) is -0.798. The summed E-state index contributed by atoms with van der Waals surface area (Å²) in [7, 11) is 0. The Labute approximate surface area is 201 Å². The van der Waals surface area contributed by atoms with E-state index in [1.54, 1.807) is 27.7 Å². The smallest absolute Gasteiger partial charge is 0.539 e. The second kappa shape index (κ2) is 9.63. The first kappa shape index (κ1) is 24.0. The number of carboxylic acid groups (broad SMARTS) is 1. The second-order valence-electron chi connectivity index (χ2n) is 6.96. The van der Waals surface area contributed by atoms with Crippen molar-refractivity contribution in [2.24, 2.45) is 0 Å². The summed E-state index contributed by atoms with van der Waals surface area (Å²) in [5, 5.41) is 10.6. The molecule has 0 aromatic heterocycles.